The Kier molecular flexibility index (Phi) is 2.59. The summed E-state index contributed by atoms with van der Waals surface area (Å²) in [5.74, 6) is -0.282. The summed E-state index contributed by atoms with van der Waals surface area (Å²) in [5.41, 5.74) is 0.249. The molecule has 1 aliphatic heterocycles. The molecule has 6 heteroatoms. The van der Waals surface area contributed by atoms with E-state index in [9.17, 15) is 4.79 Å². The number of aromatic carboxylic acids is 1. The number of aryl methyl sites for hydroxylation is 1. The second kappa shape index (κ2) is 3.90. The van der Waals surface area contributed by atoms with E-state index in [1.165, 1.54) is 6.20 Å². The maximum Gasteiger partial charge on any atom is 0.341 e. The van der Waals surface area contributed by atoms with Crippen molar-refractivity contribution in [3.63, 3.8) is 0 Å². The quantitative estimate of drug-likeness (QED) is 0.743. The number of hydrogen-bond donors (Lipinski definition) is 1. The van der Waals surface area contributed by atoms with E-state index in [-0.39, 0.29) is 5.56 Å². The van der Waals surface area contributed by atoms with Crippen molar-refractivity contribution in [1.82, 2.24) is 9.78 Å². The van der Waals surface area contributed by atoms with Crippen LogP contribution in [0.1, 0.15) is 10.4 Å². The normalized spacial score (nSPS) is 16.7. The summed E-state index contributed by atoms with van der Waals surface area (Å²) in [6, 6.07) is 0. The molecule has 0 saturated carbocycles. The van der Waals surface area contributed by atoms with Crippen LogP contribution in [0.4, 0.5) is 5.82 Å². The van der Waals surface area contributed by atoms with Crippen LogP contribution in [0.3, 0.4) is 0 Å². The van der Waals surface area contributed by atoms with Crippen molar-refractivity contribution in [2.24, 2.45) is 7.05 Å². The van der Waals surface area contributed by atoms with Crippen molar-refractivity contribution in [2.75, 3.05) is 31.2 Å². The molecule has 0 bridgehead atoms. The summed E-state index contributed by atoms with van der Waals surface area (Å²) in [6.07, 6.45) is 1.38. The number of carboxylic acids is 1. The molecule has 15 heavy (non-hydrogen) atoms. The Bertz CT molecular complexity index is 369. The number of ether oxygens (including phenoxy) is 1. The smallest absolute Gasteiger partial charge is 0.341 e. The van der Waals surface area contributed by atoms with Gasteiger partial charge in [0.25, 0.3) is 0 Å². The van der Waals surface area contributed by atoms with Gasteiger partial charge in [-0.25, -0.2) is 4.79 Å². The van der Waals surface area contributed by atoms with Gasteiger partial charge in [-0.15, -0.1) is 0 Å². The van der Waals surface area contributed by atoms with E-state index in [0.29, 0.717) is 32.1 Å². The standard InChI is InChI=1S/C9H13N3O3/c1-11-8(7(6-10-11)9(13)14)12-2-4-15-5-3-12/h6H,2-5H2,1H3,(H,13,14). The molecule has 1 aliphatic rings. The van der Waals surface area contributed by atoms with Gasteiger partial charge in [0.1, 0.15) is 11.4 Å². The van der Waals surface area contributed by atoms with Gasteiger partial charge in [-0.3, -0.25) is 4.68 Å². The molecule has 6 nitrogen and oxygen atoms in total. The molecule has 0 amide bonds. The number of aromatic nitrogens is 2. The SMILES string of the molecule is Cn1ncc(C(=O)O)c1N1CCOCC1. The van der Waals surface area contributed by atoms with E-state index in [1.807, 2.05) is 4.90 Å². The molecular formula is C9H13N3O3. The van der Waals surface area contributed by atoms with E-state index < -0.39 is 5.97 Å². The van der Waals surface area contributed by atoms with Gasteiger partial charge in [-0.2, -0.15) is 5.10 Å². The first-order chi connectivity index (χ1) is 7.20. The Morgan fingerprint density at radius 1 is 1.53 bits per heavy atom. The summed E-state index contributed by atoms with van der Waals surface area (Å²) in [6.45, 7) is 2.67. The molecule has 1 N–H and O–H groups in total. The van der Waals surface area contributed by atoms with E-state index in [4.69, 9.17) is 9.84 Å². The second-order valence-corrected chi connectivity index (χ2v) is 3.41. The molecule has 0 aromatic carbocycles. The lowest BCUT2D eigenvalue weighted by Gasteiger charge is -2.28. The molecule has 1 aromatic heterocycles. The predicted octanol–water partition coefficient (Wildman–Crippen LogP) is -0.0451. The summed E-state index contributed by atoms with van der Waals surface area (Å²) in [5, 5.41) is 13.0. The summed E-state index contributed by atoms with van der Waals surface area (Å²) in [7, 11) is 1.75. The van der Waals surface area contributed by atoms with Gasteiger partial charge in [-0.05, 0) is 0 Å². The van der Waals surface area contributed by atoms with Gasteiger partial charge in [0.2, 0.25) is 0 Å². The van der Waals surface area contributed by atoms with Crippen molar-refractivity contribution in [3.8, 4) is 0 Å². The van der Waals surface area contributed by atoms with E-state index >= 15 is 0 Å². The molecule has 1 saturated heterocycles. The van der Waals surface area contributed by atoms with Crippen molar-refractivity contribution in [2.45, 2.75) is 0 Å². The van der Waals surface area contributed by atoms with Gasteiger partial charge in [-0.1, -0.05) is 0 Å². The van der Waals surface area contributed by atoms with Crippen molar-refractivity contribution in [3.05, 3.63) is 11.8 Å². The van der Waals surface area contributed by atoms with Gasteiger partial charge in [0, 0.05) is 20.1 Å². The number of rotatable bonds is 2. The first-order valence-electron chi connectivity index (χ1n) is 4.78. The van der Waals surface area contributed by atoms with E-state index in [1.54, 1.807) is 11.7 Å². The monoisotopic (exact) mass is 211 g/mol. The summed E-state index contributed by atoms with van der Waals surface area (Å²) < 4.78 is 6.81. The first-order valence-corrected chi connectivity index (χ1v) is 4.78. The Labute approximate surface area is 87.1 Å². The van der Waals surface area contributed by atoms with E-state index in [2.05, 4.69) is 5.10 Å². The van der Waals surface area contributed by atoms with Gasteiger partial charge >= 0.3 is 5.97 Å². The highest BCUT2D eigenvalue weighted by Gasteiger charge is 2.22. The molecule has 0 radical (unpaired) electrons. The highest BCUT2D eigenvalue weighted by molar-refractivity contribution is 5.93. The second-order valence-electron chi connectivity index (χ2n) is 3.41. The summed E-state index contributed by atoms with van der Waals surface area (Å²) >= 11 is 0. The third-order valence-corrected chi connectivity index (χ3v) is 2.45. The lowest BCUT2D eigenvalue weighted by molar-refractivity contribution is 0.0696. The third kappa shape index (κ3) is 1.80. The lowest BCUT2D eigenvalue weighted by Crippen LogP contribution is -2.38. The van der Waals surface area contributed by atoms with Crippen LogP contribution < -0.4 is 4.90 Å². The molecule has 82 valence electrons. The topological polar surface area (TPSA) is 67.6 Å². The maximum atomic E-state index is 11.0. The molecule has 0 unspecified atom stereocenters. The van der Waals surface area contributed by atoms with Crippen LogP contribution in [0, 0.1) is 0 Å². The van der Waals surface area contributed by atoms with Gasteiger partial charge in [0.15, 0.2) is 0 Å². The maximum absolute atomic E-state index is 11.0. The largest absolute Gasteiger partial charge is 0.477 e. The fourth-order valence-corrected chi connectivity index (χ4v) is 1.73. The number of hydrogen-bond acceptors (Lipinski definition) is 4. The first kappa shape index (κ1) is 9.97. The fraction of sp³-hybridized carbons (Fsp3) is 0.556. The fourth-order valence-electron chi connectivity index (χ4n) is 1.73. The molecule has 1 aromatic rings. The zero-order valence-corrected chi connectivity index (χ0v) is 8.51. The average Bonchev–Trinajstić information content (AvgIpc) is 2.61. The van der Waals surface area contributed by atoms with Crippen molar-refractivity contribution in [1.29, 1.82) is 0 Å². The Morgan fingerprint density at radius 2 is 2.20 bits per heavy atom. The minimum Gasteiger partial charge on any atom is -0.477 e. The zero-order valence-electron chi connectivity index (χ0n) is 8.51. The van der Waals surface area contributed by atoms with E-state index in [0.717, 1.165) is 0 Å². The number of anilines is 1. The number of carbonyl (C=O) groups is 1. The van der Waals surface area contributed by atoms with Crippen LogP contribution in [0.25, 0.3) is 0 Å². The Balaban J connectivity index is 2.32. The van der Waals surface area contributed by atoms with Gasteiger partial charge in [0.05, 0.1) is 19.4 Å². The van der Waals surface area contributed by atoms with Crippen LogP contribution in [0.2, 0.25) is 0 Å². The Morgan fingerprint density at radius 3 is 2.80 bits per heavy atom. The average molecular weight is 211 g/mol. The zero-order chi connectivity index (χ0) is 10.8. The number of nitrogens with zero attached hydrogens (tertiary/aromatic N) is 3. The van der Waals surface area contributed by atoms with Crippen molar-refractivity contribution >= 4 is 11.8 Å². The van der Waals surface area contributed by atoms with Crippen LogP contribution in [-0.2, 0) is 11.8 Å². The number of morpholine rings is 1. The van der Waals surface area contributed by atoms with Crippen LogP contribution >= 0.6 is 0 Å². The highest BCUT2D eigenvalue weighted by Crippen LogP contribution is 2.20. The molecule has 0 spiro atoms. The highest BCUT2D eigenvalue weighted by atomic mass is 16.5. The van der Waals surface area contributed by atoms with Crippen LogP contribution in [-0.4, -0.2) is 47.2 Å². The van der Waals surface area contributed by atoms with Crippen molar-refractivity contribution < 1.29 is 14.6 Å². The minimum atomic E-state index is -0.940. The molecule has 2 heterocycles. The predicted molar refractivity (Wildman–Crippen MR) is 53.2 cm³/mol. The molecule has 2 rings (SSSR count). The van der Waals surface area contributed by atoms with Gasteiger partial charge < -0.3 is 14.7 Å². The molecule has 0 aliphatic carbocycles. The van der Waals surface area contributed by atoms with Crippen LogP contribution in [0.5, 0.6) is 0 Å². The number of carboxylic acid groups (broad SMARTS) is 1. The molecule has 1 fully saturated rings. The summed E-state index contributed by atoms with van der Waals surface area (Å²) in [4.78, 5) is 13.0. The van der Waals surface area contributed by atoms with Crippen LogP contribution in [0.15, 0.2) is 6.20 Å². The lowest BCUT2D eigenvalue weighted by atomic mass is 10.3. The Hall–Kier alpha value is -1.56. The molecule has 0 atom stereocenters. The molecular weight excluding hydrogens is 198 g/mol. The third-order valence-electron chi connectivity index (χ3n) is 2.45. The minimum absolute atomic E-state index is 0.249.